The molecule has 20 heavy (non-hydrogen) atoms. The number of hydrogen-bond acceptors (Lipinski definition) is 3. The quantitative estimate of drug-likeness (QED) is 0.847. The second-order valence-electron chi connectivity index (χ2n) is 5.34. The van der Waals surface area contributed by atoms with Gasteiger partial charge in [-0.15, -0.1) is 0 Å². The number of hydrogen-bond donors (Lipinski definition) is 0. The number of amides is 1. The van der Waals surface area contributed by atoms with Gasteiger partial charge in [0.1, 0.15) is 0 Å². The molecule has 0 bridgehead atoms. The summed E-state index contributed by atoms with van der Waals surface area (Å²) < 4.78 is 13.6. The van der Waals surface area contributed by atoms with Crippen molar-refractivity contribution in [2.75, 3.05) is 26.7 Å². The summed E-state index contributed by atoms with van der Waals surface area (Å²) in [6, 6.07) is 1.64. The van der Waals surface area contributed by atoms with Crippen molar-refractivity contribution in [3.05, 3.63) is 29.8 Å². The van der Waals surface area contributed by atoms with E-state index in [1.807, 2.05) is 0 Å². The highest BCUT2D eigenvalue weighted by Crippen LogP contribution is 2.18. The van der Waals surface area contributed by atoms with Crippen molar-refractivity contribution >= 4 is 5.91 Å². The molecule has 1 saturated heterocycles. The van der Waals surface area contributed by atoms with Gasteiger partial charge >= 0.3 is 0 Å². The minimum atomic E-state index is -0.548. The van der Waals surface area contributed by atoms with Gasteiger partial charge in [-0.1, -0.05) is 6.92 Å². The Balaban J connectivity index is 1.97. The smallest absolute Gasteiger partial charge is 0.256 e. The number of rotatable bonds is 4. The first-order valence-electron chi connectivity index (χ1n) is 7.22. The molecular weight excluding hydrogens is 257 g/mol. The summed E-state index contributed by atoms with van der Waals surface area (Å²) in [5, 5.41) is 0. The fraction of sp³-hybridized carbons (Fsp3) is 0.600. The molecule has 1 fully saturated rings. The molecule has 1 aromatic rings. The second kappa shape index (κ2) is 6.79. The Bertz CT molecular complexity index is 458. The Labute approximate surface area is 119 Å². The molecule has 0 atom stereocenters. The van der Waals surface area contributed by atoms with Gasteiger partial charge in [0.15, 0.2) is 5.82 Å². The Morgan fingerprint density at radius 3 is 2.80 bits per heavy atom. The number of carbonyl (C=O) groups excluding carboxylic acids is 1. The highest BCUT2D eigenvalue weighted by molar-refractivity contribution is 5.94. The predicted octanol–water partition coefficient (Wildman–Crippen LogP) is 2.17. The average Bonchev–Trinajstić information content (AvgIpc) is 2.47. The average molecular weight is 279 g/mol. The number of pyridine rings is 1. The molecule has 1 amide bonds. The number of halogens is 1. The minimum absolute atomic E-state index is 0.110. The van der Waals surface area contributed by atoms with Crippen LogP contribution in [0.25, 0.3) is 0 Å². The maximum Gasteiger partial charge on any atom is 0.256 e. The van der Waals surface area contributed by atoms with Crippen molar-refractivity contribution in [1.29, 1.82) is 0 Å². The first-order valence-corrected chi connectivity index (χ1v) is 7.22. The summed E-state index contributed by atoms with van der Waals surface area (Å²) in [6.45, 7) is 5.31. The van der Waals surface area contributed by atoms with Crippen molar-refractivity contribution in [1.82, 2.24) is 14.8 Å². The van der Waals surface area contributed by atoms with Crippen LogP contribution in [0, 0.1) is 5.82 Å². The van der Waals surface area contributed by atoms with E-state index in [1.54, 1.807) is 11.9 Å². The molecule has 0 N–H and O–H groups in total. The van der Waals surface area contributed by atoms with Gasteiger partial charge < -0.3 is 9.80 Å². The van der Waals surface area contributed by atoms with Crippen LogP contribution in [0.3, 0.4) is 0 Å². The van der Waals surface area contributed by atoms with E-state index in [4.69, 9.17) is 0 Å². The van der Waals surface area contributed by atoms with E-state index in [1.165, 1.54) is 12.3 Å². The first-order chi connectivity index (χ1) is 9.63. The molecule has 1 aromatic heterocycles. The van der Waals surface area contributed by atoms with Gasteiger partial charge in [-0.2, -0.15) is 0 Å². The fourth-order valence-electron chi connectivity index (χ4n) is 2.75. The second-order valence-corrected chi connectivity index (χ2v) is 5.34. The summed E-state index contributed by atoms with van der Waals surface area (Å²) in [6.07, 6.45) is 5.60. The Morgan fingerprint density at radius 1 is 1.50 bits per heavy atom. The molecule has 5 heteroatoms. The van der Waals surface area contributed by atoms with Crippen LogP contribution in [-0.2, 0) is 0 Å². The molecular formula is C15H22FN3O. The Morgan fingerprint density at radius 2 is 2.20 bits per heavy atom. The molecule has 0 aromatic carbocycles. The predicted molar refractivity (Wildman–Crippen MR) is 76.0 cm³/mol. The summed E-state index contributed by atoms with van der Waals surface area (Å²) in [4.78, 5) is 20.1. The van der Waals surface area contributed by atoms with Crippen LogP contribution in [0.2, 0.25) is 0 Å². The van der Waals surface area contributed by atoms with Crippen molar-refractivity contribution in [3.8, 4) is 0 Å². The summed E-state index contributed by atoms with van der Waals surface area (Å²) in [5.41, 5.74) is 0.110. The zero-order valence-corrected chi connectivity index (χ0v) is 12.2. The molecule has 1 aliphatic rings. The zero-order chi connectivity index (χ0) is 14.5. The number of piperidine rings is 1. The number of aromatic nitrogens is 1. The van der Waals surface area contributed by atoms with Crippen LogP contribution < -0.4 is 0 Å². The van der Waals surface area contributed by atoms with Gasteiger partial charge in [0.05, 0.1) is 11.8 Å². The van der Waals surface area contributed by atoms with Crippen molar-refractivity contribution < 1.29 is 9.18 Å². The standard InChI is InChI=1S/C15H22FN3O/c1-3-8-19-9-5-12(6-10-19)18(2)15(20)13-4-7-17-11-14(13)16/h4,7,11-12H,3,5-6,8-10H2,1-2H3. The zero-order valence-electron chi connectivity index (χ0n) is 12.2. The normalized spacial score (nSPS) is 17.1. The number of carbonyl (C=O) groups is 1. The third kappa shape index (κ3) is 3.33. The van der Waals surface area contributed by atoms with E-state index in [0.717, 1.165) is 45.1 Å². The largest absolute Gasteiger partial charge is 0.339 e. The lowest BCUT2D eigenvalue weighted by atomic mass is 10.0. The lowest BCUT2D eigenvalue weighted by molar-refractivity contribution is 0.0638. The van der Waals surface area contributed by atoms with Crippen molar-refractivity contribution in [2.24, 2.45) is 0 Å². The van der Waals surface area contributed by atoms with Crippen LogP contribution in [0.1, 0.15) is 36.5 Å². The van der Waals surface area contributed by atoms with E-state index in [2.05, 4.69) is 16.8 Å². The van der Waals surface area contributed by atoms with Gasteiger partial charge in [-0.25, -0.2) is 4.39 Å². The lowest BCUT2D eigenvalue weighted by Crippen LogP contribution is -2.45. The maximum atomic E-state index is 13.6. The summed E-state index contributed by atoms with van der Waals surface area (Å²) >= 11 is 0. The first kappa shape index (κ1) is 14.9. The molecule has 0 spiro atoms. The van der Waals surface area contributed by atoms with E-state index < -0.39 is 5.82 Å². The van der Waals surface area contributed by atoms with Crippen LogP contribution in [-0.4, -0.2) is 53.4 Å². The van der Waals surface area contributed by atoms with Gasteiger partial charge in [0.2, 0.25) is 0 Å². The molecule has 0 unspecified atom stereocenters. The van der Waals surface area contributed by atoms with Gasteiger partial charge in [0, 0.05) is 32.4 Å². The number of nitrogens with zero attached hydrogens (tertiary/aromatic N) is 3. The number of likely N-dealkylation sites (tertiary alicyclic amines) is 1. The van der Waals surface area contributed by atoms with E-state index >= 15 is 0 Å². The van der Waals surface area contributed by atoms with Crippen molar-refractivity contribution in [3.63, 3.8) is 0 Å². The fourth-order valence-corrected chi connectivity index (χ4v) is 2.75. The Hall–Kier alpha value is -1.49. The molecule has 2 heterocycles. The van der Waals surface area contributed by atoms with Gasteiger partial charge in [-0.05, 0) is 31.9 Å². The molecule has 4 nitrogen and oxygen atoms in total. The molecule has 0 radical (unpaired) electrons. The van der Waals surface area contributed by atoms with Crippen LogP contribution >= 0.6 is 0 Å². The Kier molecular flexibility index (Phi) is 5.06. The third-order valence-corrected chi connectivity index (χ3v) is 3.97. The highest BCUT2D eigenvalue weighted by Gasteiger charge is 2.26. The van der Waals surface area contributed by atoms with Crippen LogP contribution in [0.4, 0.5) is 4.39 Å². The molecule has 0 saturated carbocycles. The van der Waals surface area contributed by atoms with Gasteiger partial charge in [-0.3, -0.25) is 9.78 Å². The highest BCUT2D eigenvalue weighted by atomic mass is 19.1. The lowest BCUT2D eigenvalue weighted by Gasteiger charge is -2.36. The van der Waals surface area contributed by atoms with E-state index in [9.17, 15) is 9.18 Å². The van der Waals surface area contributed by atoms with Gasteiger partial charge in [0.25, 0.3) is 5.91 Å². The van der Waals surface area contributed by atoms with Crippen LogP contribution in [0.5, 0.6) is 0 Å². The molecule has 1 aliphatic heterocycles. The van der Waals surface area contributed by atoms with E-state index in [0.29, 0.717) is 0 Å². The summed E-state index contributed by atoms with van der Waals surface area (Å²) in [5.74, 6) is -0.799. The minimum Gasteiger partial charge on any atom is -0.339 e. The molecule has 0 aliphatic carbocycles. The molecule has 2 rings (SSSR count). The monoisotopic (exact) mass is 279 g/mol. The maximum absolute atomic E-state index is 13.6. The molecule has 110 valence electrons. The van der Waals surface area contributed by atoms with Crippen molar-refractivity contribution in [2.45, 2.75) is 32.2 Å². The van der Waals surface area contributed by atoms with E-state index in [-0.39, 0.29) is 17.5 Å². The SMILES string of the molecule is CCCN1CCC(N(C)C(=O)c2ccncc2F)CC1. The summed E-state index contributed by atoms with van der Waals surface area (Å²) in [7, 11) is 1.77. The van der Waals surface area contributed by atoms with Crippen LogP contribution in [0.15, 0.2) is 18.5 Å². The third-order valence-electron chi connectivity index (χ3n) is 3.97. The topological polar surface area (TPSA) is 36.4 Å².